The molecule has 0 unspecified atom stereocenters. The lowest BCUT2D eigenvalue weighted by atomic mass is 10.1. The number of thiophene rings is 1. The predicted molar refractivity (Wildman–Crippen MR) is 101 cm³/mol. The molecular formula is C18H15N3OS2. The summed E-state index contributed by atoms with van der Waals surface area (Å²) in [6, 6.07) is 12.1. The first-order valence-electron chi connectivity index (χ1n) is 7.53. The molecule has 24 heavy (non-hydrogen) atoms. The third-order valence-corrected chi connectivity index (χ3v) is 5.50. The number of carbonyl (C=O) groups excluding carboxylic acids is 1. The van der Waals surface area contributed by atoms with Crippen molar-refractivity contribution in [2.24, 2.45) is 7.05 Å². The summed E-state index contributed by atoms with van der Waals surface area (Å²) in [5.74, 6) is -0.0431. The summed E-state index contributed by atoms with van der Waals surface area (Å²) in [5.41, 5.74) is 3.07. The lowest BCUT2D eigenvalue weighted by Gasteiger charge is -2.01. The molecule has 0 atom stereocenters. The quantitative estimate of drug-likeness (QED) is 0.585. The highest BCUT2D eigenvalue weighted by Gasteiger charge is 2.12. The van der Waals surface area contributed by atoms with Crippen molar-refractivity contribution in [3.05, 3.63) is 58.9 Å². The van der Waals surface area contributed by atoms with Gasteiger partial charge in [-0.15, -0.1) is 22.7 Å². The van der Waals surface area contributed by atoms with E-state index in [9.17, 15) is 4.79 Å². The van der Waals surface area contributed by atoms with Crippen LogP contribution in [-0.2, 0) is 18.3 Å². The van der Waals surface area contributed by atoms with E-state index in [1.54, 1.807) is 11.3 Å². The van der Waals surface area contributed by atoms with E-state index >= 15 is 0 Å². The first kappa shape index (κ1) is 15.1. The number of aromatic nitrogens is 2. The van der Waals surface area contributed by atoms with Crippen molar-refractivity contribution in [3.8, 4) is 10.6 Å². The summed E-state index contributed by atoms with van der Waals surface area (Å²) in [4.78, 5) is 18.0. The van der Waals surface area contributed by atoms with Gasteiger partial charge in [0.15, 0.2) is 5.13 Å². The molecule has 0 aliphatic carbocycles. The van der Waals surface area contributed by atoms with Crippen molar-refractivity contribution < 1.29 is 4.79 Å². The third kappa shape index (κ3) is 2.86. The number of nitrogens with one attached hydrogen (secondary N) is 1. The second-order valence-corrected chi connectivity index (χ2v) is 7.33. The molecule has 0 fully saturated rings. The van der Waals surface area contributed by atoms with E-state index in [-0.39, 0.29) is 5.91 Å². The molecule has 3 aromatic heterocycles. The van der Waals surface area contributed by atoms with E-state index in [0.717, 1.165) is 27.0 Å². The van der Waals surface area contributed by atoms with Crippen LogP contribution in [0.2, 0.25) is 0 Å². The van der Waals surface area contributed by atoms with Gasteiger partial charge in [0.1, 0.15) is 0 Å². The fraction of sp³-hybridized carbons (Fsp3) is 0.111. The Morgan fingerprint density at radius 1 is 1.21 bits per heavy atom. The zero-order valence-electron chi connectivity index (χ0n) is 13.0. The summed E-state index contributed by atoms with van der Waals surface area (Å²) in [7, 11) is 2.00. The zero-order valence-corrected chi connectivity index (χ0v) is 14.7. The molecule has 0 radical (unpaired) electrons. The maximum absolute atomic E-state index is 12.4. The first-order chi connectivity index (χ1) is 11.7. The third-order valence-electron chi connectivity index (χ3n) is 3.85. The Kier molecular flexibility index (Phi) is 3.92. The van der Waals surface area contributed by atoms with Crippen LogP contribution in [0.15, 0.2) is 53.4 Å². The van der Waals surface area contributed by atoms with Crippen molar-refractivity contribution in [3.63, 3.8) is 0 Å². The Morgan fingerprint density at radius 2 is 2.08 bits per heavy atom. The van der Waals surface area contributed by atoms with Gasteiger partial charge in [0.2, 0.25) is 5.91 Å². The molecule has 1 amide bonds. The first-order valence-corrected chi connectivity index (χ1v) is 9.29. The Balaban J connectivity index is 1.50. The highest BCUT2D eigenvalue weighted by Crippen LogP contribution is 2.28. The van der Waals surface area contributed by atoms with Crippen molar-refractivity contribution in [1.82, 2.24) is 9.55 Å². The second kappa shape index (κ2) is 6.22. The van der Waals surface area contributed by atoms with Gasteiger partial charge in [-0.2, -0.15) is 0 Å². The number of carbonyl (C=O) groups is 1. The highest BCUT2D eigenvalue weighted by atomic mass is 32.1. The molecule has 4 nitrogen and oxygen atoms in total. The number of fused-ring (bicyclic) bond motifs is 1. The molecule has 0 saturated heterocycles. The number of hydrogen-bond acceptors (Lipinski definition) is 4. The highest BCUT2D eigenvalue weighted by molar-refractivity contribution is 7.16. The van der Waals surface area contributed by atoms with Crippen LogP contribution in [0.25, 0.3) is 21.5 Å². The Hall–Kier alpha value is -2.44. The number of amides is 1. The summed E-state index contributed by atoms with van der Waals surface area (Å²) in [5, 5.41) is 8.66. The minimum absolute atomic E-state index is 0.0431. The molecule has 3 heterocycles. The van der Waals surface area contributed by atoms with Crippen LogP contribution >= 0.6 is 22.7 Å². The van der Waals surface area contributed by atoms with E-state index in [1.165, 1.54) is 11.3 Å². The number of para-hydroxylation sites is 1. The van der Waals surface area contributed by atoms with Crippen LogP contribution in [0.1, 0.15) is 5.56 Å². The molecule has 0 bridgehead atoms. The van der Waals surface area contributed by atoms with E-state index in [1.807, 2.05) is 48.3 Å². The monoisotopic (exact) mass is 353 g/mol. The zero-order chi connectivity index (χ0) is 16.5. The molecule has 1 N–H and O–H groups in total. The molecule has 6 heteroatoms. The smallest absolute Gasteiger partial charge is 0.230 e. The van der Waals surface area contributed by atoms with Crippen molar-refractivity contribution >= 4 is 44.6 Å². The molecular weight excluding hydrogens is 338 g/mol. The van der Waals surface area contributed by atoms with E-state index in [2.05, 4.69) is 27.0 Å². The number of rotatable bonds is 4. The van der Waals surface area contributed by atoms with E-state index in [0.29, 0.717) is 11.6 Å². The van der Waals surface area contributed by atoms with Crippen LogP contribution in [-0.4, -0.2) is 15.5 Å². The lowest BCUT2D eigenvalue weighted by molar-refractivity contribution is -0.115. The predicted octanol–water partition coefficient (Wildman–Crippen LogP) is 4.54. The molecule has 1 aromatic carbocycles. The summed E-state index contributed by atoms with van der Waals surface area (Å²) in [6.07, 6.45) is 2.36. The summed E-state index contributed by atoms with van der Waals surface area (Å²) >= 11 is 3.10. The van der Waals surface area contributed by atoms with Crippen LogP contribution in [0, 0.1) is 0 Å². The van der Waals surface area contributed by atoms with Crippen LogP contribution in [0.4, 0.5) is 5.13 Å². The topological polar surface area (TPSA) is 46.9 Å². The van der Waals surface area contributed by atoms with E-state index in [4.69, 9.17) is 0 Å². The average Bonchev–Trinajstić information content (AvgIpc) is 3.29. The van der Waals surface area contributed by atoms with Gasteiger partial charge in [0, 0.05) is 29.5 Å². The largest absolute Gasteiger partial charge is 0.350 e. The van der Waals surface area contributed by atoms with Crippen LogP contribution < -0.4 is 5.32 Å². The molecule has 4 rings (SSSR count). The average molecular weight is 353 g/mol. The summed E-state index contributed by atoms with van der Waals surface area (Å²) < 4.78 is 2.05. The standard InChI is InChI=1S/C18H15N3OS2/c1-21-10-12(13-5-2-3-6-15(13)21)9-17(22)20-18-19-14(11-24-18)16-7-4-8-23-16/h2-8,10-11H,9H2,1H3,(H,19,20,22). The molecule has 0 spiro atoms. The molecule has 120 valence electrons. The Labute approximate surface area is 147 Å². The van der Waals surface area contributed by atoms with Gasteiger partial charge in [-0.25, -0.2) is 4.98 Å². The number of nitrogens with zero attached hydrogens (tertiary/aromatic N) is 2. The second-order valence-electron chi connectivity index (χ2n) is 5.52. The number of hydrogen-bond donors (Lipinski definition) is 1. The minimum atomic E-state index is -0.0431. The van der Waals surface area contributed by atoms with Crippen LogP contribution in [0.3, 0.4) is 0 Å². The fourth-order valence-electron chi connectivity index (χ4n) is 2.77. The minimum Gasteiger partial charge on any atom is -0.350 e. The maximum Gasteiger partial charge on any atom is 0.230 e. The normalized spacial score (nSPS) is 11.0. The number of aryl methyl sites for hydroxylation is 1. The number of thiazole rings is 1. The van der Waals surface area contributed by atoms with Crippen molar-refractivity contribution in [2.45, 2.75) is 6.42 Å². The van der Waals surface area contributed by atoms with Gasteiger partial charge in [-0.1, -0.05) is 24.3 Å². The number of anilines is 1. The number of benzene rings is 1. The van der Waals surface area contributed by atoms with E-state index < -0.39 is 0 Å². The van der Waals surface area contributed by atoms with Gasteiger partial charge in [-0.05, 0) is 23.1 Å². The molecule has 4 aromatic rings. The van der Waals surface area contributed by atoms with Gasteiger partial charge in [0.05, 0.1) is 17.0 Å². The van der Waals surface area contributed by atoms with Crippen LogP contribution in [0.5, 0.6) is 0 Å². The van der Waals surface area contributed by atoms with Gasteiger partial charge >= 0.3 is 0 Å². The van der Waals surface area contributed by atoms with Crippen molar-refractivity contribution in [2.75, 3.05) is 5.32 Å². The molecule has 0 aliphatic rings. The van der Waals surface area contributed by atoms with Crippen molar-refractivity contribution in [1.29, 1.82) is 0 Å². The molecule has 0 aliphatic heterocycles. The maximum atomic E-state index is 12.4. The van der Waals surface area contributed by atoms with Gasteiger partial charge < -0.3 is 9.88 Å². The lowest BCUT2D eigenvalue weighted by Crippen LogP contribution is -2.14. The van der Waals surface area contributed by atoms with Gasteiger partial charge in [0.25, 0.3) is 0 Å². The molecule has 0 saturated carbocycles. The Bertz CT molecular complexity index is 999. The Morgan fingerprint density at radius 3 is 2.92 bits per heavy atom. The summed E-state index contributed by atoms with van der Waals surface area (Å²) in [6.45, 7) is 0. The fourth-order valence-corrected chi connectivity index (χ4v) is 4.26. The SMILES string of the molecule is Cn1cc(CC(=O)Nc2nc(-c3cccs3)cs2)c2ccccc21. The van der Waals surface area contributed by atoms with Gasteiger partial charge in [-0.3, -0.25) is 4.79 Å².